The second kappa shape index (κ2) is 10.4. The largest absolute Gasteiger partial charge is 0.298 e. The number of nitrogens with one attached hydrogen (secondary N) is 1. The van der Waals surface area contributed by atoms with Crippen molar-refractivity contribution in [3.8, 4) is 33.6 Å². The van der Waals surface area contributed by atoms with Crippen LogP contribution < -0.4 is 5.32 Å². The summed E-state index contributed by atoms with van der Waals surface area (Å²) in [7, 11) is 0. The molecular formula is C31H19Cl2N3OS. The van der Waals surface area contributed by atoms with Crippen molar-refractivity contribution in [3.63, 3.8) is 0 Å². The van der Waals surface area contributed by atoms with Crippen LogP contribution in [0, 0.1) is 0 Å². The van der Waals surface area contributed by atoms with E-state index in [9.17, 15) is 4.79 Å². The maximum absolute atomic E-state index is 13.5. The smallest absolute Gasteiger partial charge is 0.258 e. The molecule has 2 heterocycles. The van der Waals surface area contributed by atoms with E-state index in [-0.39, 0.29) is 5.91 Å². The standard InChI is InChI=1S/C31H19Cl2N3OS/c32-25-15-14-22(16-26(25)33)28-17-24(23-8-4-5-9-27(23)34-28)30(37)36-31-35-29(18-38-31)21-12-10-20(11-13-21)19-6-2-1-3-7-19/h1-18H,(H,35,36,37). The average molecular weight is 552 g/mol. The van der Waals surface area contributed by atoms with Gasteiger partial charge >= 0.3 is 0 Å². The average Bonchev–Trinajstić information content (AvgIpc) is 3.43. The Morgan fingerprint density at radius 2 is 1.34 bits per heavy atom. The minimum Gasteiger partial charge on any atom is -0.298 e. The summed E-state index contributed by atoms with van der Waals surface area (Å²) in [5.41, 5.74) is 6.70. The number of fused-ring (bicyclic) bond motifs is 1. The SMILES string of the molecule is O=C(Nc1nc(-c2ccc(-c3ccccc3)cc2)cs1)c1cc(-c2ccc(Cl)c(Cl)c2)nc2ccccc12. The van der Waals surface area contributed by atoms with Gasteiger partial charge in [-0.05, 0) is 35.4 Å². The van der Waals surface area contributed by atoms with Gasteiger partial charge in [-0.2, -0.15) is 0 Å². The summed E-state index contributed by atoms with van der Waals surface area (Å²) in [5.74, 6) is -0.259. The van der Waals surface area contributed by atoms with E-state index in [1.54, 1.807) is 18.2 Å². The van der Waals surface area contributed by atoms with Crippen LogP contribution in [0.25, 0.3) is 44.5 Å². The van der Waals surface area contributed by atoms with Crippen molar-refractivity contribution in [3.05, 3.63) is 124 Å². The number of hydrogen-bond acceptors (Lipinski definition) is 4. The van der Waals surface area contributed by atoms with E-state index < -0.39 is 0 Å². The molecule has 4 aromatic carbocycles. The first-order valence-electron chi connectivity index (χ1n) is 11.8. The monoisotopic (exact) mass is 551 g/mol. The van der Waals surface area contributed by atoms with Crippen LogP contribution in [0.5, 0.6) is 0 Å². The first kappa shape index (κ1) is 24.3. The van der Waals surface area contributed by atoms with E-state index in [4.69, 9.17) is 28.2 Å². The molecule has 38 heavy (non-hydrogen) atoms. The molecule has 2 aromatic heterocycles. The number of pyridine rings is 1. The normalized spacial score (nSPS) is 11.0. The number of rotatable bonds is 5. The Balaban J connectivity index is 1.28. The number of anilines is 1. The first-order valence-corrected chi connectivity index (χ1v) is 13.5. The lowest BCUT2D eigenvalue weighted by Crippen LogP contribution is -2.13. The Morgan fingerprint density at radius 1 is 0.658 bits per heavy atom. The lowest BCUT2D eigenvalue weighted by molar-refractivity contribution is 0.102. The Hall–Kier alpha value is -4.03. The van der Waals surface area contributed by atoms with E-state index in [0.717, 1.165) is 33.3 Å². The fourth-order valence-corrected chi connectivity index (χ4v) is 5.27. The maximum atomic E-state index is 13.5. The molecule has 0 saturated carbocycles. The van der Waals surface area contributed by atoms with Crippen LogP contribution in [0.4, 0.5) is 5.13 Å². The summed E-state index contributed by atoms with van der Waals surface area (Å²) >= 11 is 13.7. The van der Waals surface area contributed by atoms with E-state index >= 15 is 0 Å². The molecule has 7 heteroatoms. The molecular weight excluding hydrogens is 533 g/mol. The van der Waals surface area contributed by atoms with Gasteiger partial charge in [0, 0.05) is 21.9 Å². The maximum Gasteiger partial charge on any atom is 0.258 e. The van der Waals surface area contributed by atoms with Crippen molar-refractivity contribution >= 4 is 56.5 Å². The fourth-order valence-electron chi connectivity index (χ4n) is 4.26. The van der Waals surface area contributed by atoms with Crippen molar-refractivity contribution in [2.24, 2.45) is 0 Å². The molecule has 0 radical (unpaired) electrons. The molecule has 6 aromatic rings. The minimum absolute atomic E-state index is 0.259. The predicted octanol–water partition coefficient (Wildman–Crippen LogP) is 9.25. The van der Waals surface area contributed by atoms with Crippen molar-refractivity contribution in [1.82, 2.24) is 9.97 Å². The molecule has 0 fully saturated rings. The van der Waals surface area contributed by atoms with Gasteiger partial charge in [-0.25, -0.2) is 9.97 Å². The molecule has 1 amide bonds. The molecule has 0 unspecified atom stereocenters. The summed E-state index contributed by atoms with van der Waals surface area (Å²) in [6.07, 6.45) is 0. The Kier molecular flexibility index (Phi) is 6.64. The van der Waals surface area contributed by atoms with E-state index in [1.165, 1.54) is 11.3 Å². The number of aromatic nitrogens is 2. The number of hydrogen-bond donors (Lipinski definition) is 1. The van der Waals surface area contributed by atoms with Gasteiger partial charge in [0.25, 0.3) is 5.91 Å². The zero-order valence-corrected chi connectivity index (χ0v) is 22.2. The zero-order valence-electron chi connectivity index (χ0n) is 19.9. The van der Waals surface area contributed by atoms with Crippen LogP contribution in [-0.4, -0.2) is 15.9 Å². The molecule has 0 spiro atoms. The van der Waals surface area contributed by atoms with Crippen molar-refractivity contribution < 1.29 is 4.79 Å². The third-order valence-corrected chi connectivity index (χ3v) is 7.69. The number of nitrogens with zero attached hydrogens (tertiary/aromatic N) is 2. The third-order valence-electron chi connectivity index (χ3n) is 6.19. The molecule has 0 aliphatic carbocycles. The highest BCUT2D eigenvalue weighted by Crippen LogP contribution is 2.32. The van der Waals surface area contributed by atoms with Gasteiger partial charge in [0.15, 0.2) is 5.13 Å². The molecule has 184 valence electrons. The van der Waals surface area contributed by atoms with Gasteiger partial charge in [0.1, 0.15) is 0 Å². The van der Waals surface area contributed by atoms with Crippen molar-refractivity contribution in [2.75, 3.05) is 5.32 Å². The van der Waals surface area contributed by atoms with Crippen LogP contribution in [0.2, 0.25) is 10.0 Å². The summed E-state index contributed by atoms with van der Waals surface area (Å²) in [5, 5.41) is 7.08. The molecule has 0 aliphatic heterocycles. The van der Waals surface area contributed by atoms with E-state index in [1.807, 2.05) is 66.0 Å². The van der Waals surface area contributed by atoms with E-state index in [2.05, 4.69) is 34.6 Å². The van der Waals surface area contributed by atoms with Gasteiger partial charge in [-0.15, -0.1) is 11.3 Å². The first-order chi connectivity index (χ1) is 18.5. The summed E-state index contributed by atoms with van der Waals surface area (Å²) in [6.45, 7) is 0. The molecule has 0 bridgehead atoms. The van der Waals surface area contributed by atoms with Crippen molar-refractivity contribution in [2.45, 2.75) is 0 Å². The molecule has 0 aliphatic rings. The quantitative estimate of drug-likeness (QED) is 0.232. The number of amides is 1. The van der Waals surface area contributed by atoms with Gasteiger partial charge in [-0.1, -0.05) is 102 Å². The highest BCUT2D eigenvalue weighted by molar-refractivity contribution is 7.14. The number of benzene rings is 4. The Labute approximate surface area is 233 Å². The predicted molar refractivity (Wildman–Crippen MR) is 158 cm³/mol. The van der Waals surface area contributed by atoms with Crippen molar-refractivity contribution in [1.29, 1.82) is 0 Å². The lowest BCUT2D eigenvalue weighted by Gasteiger charge is -2.10. The third kappa shape index (κ3) is 4.92. The second-order valence-electron chi connectivity index (χ2n) is 8.64. The fraction of sp³-hybridized carbons (Fsp3) is 0. The molecule has 6 rings (SSSR count). The van der Waals surface area contributed by atoms with Crippen LogP contribution in [0.1, 0.15) is 10.4 Å². The van der Waals surface area contributed by atoms with Gasteiger partial charge in [-0.3, -0.25) is 10.1 Å². The van der Waals surface area contributed by atoms with Crippen LogP contribution in [0.3, 0.4) is 0 Å². The van der Waals surface area contributed by atoms with Gasteiger partial charge < -0.3 is 0 Å². The number of carbonyl (C=O) groups is 1. The Morgan fingerprint density at radius 3 is 2.13 bits per heavy atom. The highest BCUT2D eigenvalue weighted by atomic mass is 35.5. The number of thiazole rings is 1. The molecule has 0 atom stereocenters. The van der Waals surface area contributed by atoms with Gasteiger partial charge in [0.05, 0.1) is 32.5 Å². The van der Waals surface area contributed by atoms with Gasteiger partial charge in [0.2, 0.25) is 0 Å². The lowest BCUT2D eigenvalue weighted by atomic mass is 10.0. The molecule has 0 saturated heterocycles. The van der Waals surface area contributed by atoms with Crippen LogP contribution >= 0.6 is 34.5 Å². The summed E-state index contributed by atoms with van der Waals surface area (Å²) < 4.78 is 0. The topological polar surface area (TPSA) is 54.9 Å². The number of para-hydroxylation sites is 1. The molecule has 1 N–H and O–H groups in total. The summed E-state index contributed by atoms with van der Waals surface area (Å²) in [4.78, 5) is 22.9. The summed E-state index contributed by atoms with van der Waals surface area (Å²) in [6, 6.07) is 33.1. The second-order valence-corrected chi connectivity index (χ2v) is 10.3. The highest BCUT2D eigenvalue weighted by Gasteiger charge is 2.16. The molecule has 4 nitrogen and oxygen atoms in total. The van der Waals surface area contributed by atoms with E-state index in [0.29, 0.717) is 32.0 Å². The Bertz CT molecular complexity index is 1780. The van der Waals surface area contributed by atoms with Crippen LogP contribution in [0.15, 0.2) is 109 Å². The minimum atomic E-state index is -0.259. The number of carbonyl (C=O) groups excluding carboxylic acids is 1. The number of halogens is 2. The zero-order chi connectivity index (χ0) is 26.1. The van der Waals surface area contributed by atoms with Crippen LogP contribution in [-0.2, 0) is 0 Å².